The van der Waals surface area contributed by atoms with E-state index < -0.39 is 0 Å². The maximum absolute atomic E-state index is 5.71. The maximum Gasteiger partial charge on any atom is 0.102 e. The Bertz CT molecular complexity index is 355. The zero-order chi connectivity index (χ0) is 15.6. The second-order valence-electron chi connectivity index (χ2n) is 6.66. The molecule has 0 aliphatic heterocycles. The van der Waals surface area contributed by atoms with Crippen LogP contribution in [-0.2, 0) is 11.2 Å². The van der Waals surface area contributed by atoms with Crippen LogP contribution < -0.4 is 0 Å². The quantitative estimate of drug-likeness (QED) is 0.442. The summed E-state index contributed by atoms with van der Waals surface area (Å²) in [6.07, 6.45) is 11.2. The van der Waals surface area contributed by atoms with E-state index >= 15 is 0 Å². The number of unbranched alkanes of at least 4 members (excludes halogenated alkanes) is 3. The Balaban J connectivity index is 2.29. The van der Waals surface area contributed by atoms with Gasteiger partial charge in [0.15, 0.2) is 0 Å². The lowest BCUT2D eigenvalue weighted by Crippen LogP contribution is -2.23. The van der Waals surface area contributed by atoms with Gasteiger partial charge < -0.3 is 4.74 Å². The van der Waals surface area contributed by atoms with Crippen molar-refractivity contribution in [1.82, 2.24) is 0 Å². The van der Waals surface area contributed by atoms with Crippen molar-refractivity contribution >= 4 is 0 Å². The topological polar surface area (TPSA) is 9.23 Å². The second-order valence-corrected chi connectivity index (χ2v) is 6.66. The summed E-state index contributed by atoms with van der Waals surface area (Å²) < 4.78 is 5.71. The van der Waals surface area contributed by atoms with E-state index in [1.165, 1.54) is 56.6 Å². The van der Waals surface area contributed by atoms with Crippen LogP contribution in [0.3, 0.4) is 0 Å². The zero-order valence-electron chi connectivity index (χ0n) is 14.5. The van der Waals surface area contributed by atoms with Gasteiger partial charge in [-0.05, 0) is 36.7 Å². The van der Waals surface area contributed by atoms with Crippen molar-refractivity contribution in [2.45, 2.75) is 72.1 Å². The van der Waals surface area contributed by atoms with Gasteiger partial charge in [-0.25, -0.2) is 0 Å². The van der Waals surface area contributed by atoms with Crippen molar-refractivity contribution in [3.05, 3.63) is 42.0 Å². The molecular formula is C20H33O. The first-order chi connectivity index (χ1) is 10.1. The van der Waals surface area contributed by atoms with Gasteiger partial charge >= 0.3 is 0 Å². The van der Waals surface area contributed by atoms with Crippen molar-refractivity contribution in [3.8, 4) is 0 Å². The van der Waals surface area contributed by atoms with Crippen LogP contribution in [0.1, 0.15) is 71.3 Å². The summed E-state index contributed by atoms with van der Waals surface area (Å²) in [6.45, 7) is 6.93. The third-order valence-electron chi connectivity index (χ3n) is 4.37. The van der Waals surface area contributed by atoms with Crippen LogP contribution in [0.2, 0.25) is 0 Å². The molecule has 0 saturated heterocycles. The summed E-state index contributed by atoms with van der Waals surface area (Å²) in [5.41, 5.74) is 1.66. The standard InChI is InChI=1S/C20H33O/c1-5-6-12-17-20(2,3)19(21-4)16-11-10-15-18-13-8-7-9-14-18/h7-9,13-14H,5-6,10-12,15-17H2,1-4H3. The molecule has 0 N–H and O–H groups in total. The third kappa shape index (κ3) is 7.13. The van der Waals surface area contributed by atoms with E-state index in [4.69, 9.17) is 4.74 Å². The highest BCUT2D eigenvalue weighted by molar-refractivity contribution is 5.14. The van der Waals surface area contributed by atoms with Crippen LogP contribution in [0.15, 0.2) is 30.3 Å². The molecule has 0 aromatic heterocycles. The normalized spacial score (nSPS) is 12.0. The predicted molar refractivity (Wildman–Crippen MR) is 92.2 cm³/mol. The largest absolute Gasteiger partial charge is 0.375 e. The molecular weight excluding hydrogens is 256 g/mol. The van der Waals surface area contributed by atoms with Gasteiger partial charge in [0.25, 0.3) is 0 Å². The van der Waals surface area contributed by atoms with Gasteiger partial charge in [-0.3, -0.25) is 0 Å². The summed E-state index contributed by atoms with van der Waals surface area (Å²) in [6, 6.07) is 10.8. The van der Waals surface area contributed by atoms with Gasteiger partial charge in [-0.2, -0.15) is 0 Å². The first-order valence-electron chi connectivity index (χ1n) is 8.54. The average molecular weight is 289 g/mol. The molecule has 119 valence electrons. The van der Waals surface area contributed by atoms with E-state index in [9.17, 15) is 0 Å². The molecule has 0 amide bonds. The summed E-state index contributed by atoms with van der Waals surface area (Å²) in [5.74, 6) is 0. The molecule has 0 aliphatic rings. The molecule has 1 aromatic carbocycles. The van der Waals surface area contributed by atoms with Gasteiger partial charge in [0.1, 0.15) is 6.10 Å². The molecule has 0 fully saturated rings. The summed E-state index contributed by atoms with van der Waals surface area (Å²) in [4.78, 5) is 0. The average Bonchev–Trinajstić information content (AvgIpc) is 2.48. The van der Waals surface area contributed by atoms with Crippen LogP contribution in [0.25, 0.3) is 0 Å². The molecule has 21 heavy (non-hydrogen) atoms. The Kier molecular flexibility index (Phi) is 8.68. The van der Waals surface area contributed by atoms with Crippen LogP contribution in [0.5, 0.6) is 0 Å². The molecule has 0 spiro atoms. The minimum atomic E-state index is 0.219. The lowest BCUT2D eigenvalue weighted by molar-refractivity contribution is 0.0895. The molecule has 1 rings (SSSR count). The van der Waals surface area contributed by atoms with Crippen LogP contribution in [0.4, 0.5) is 0 Å². The Morgan fingerprint density at radius 1 is 1.00 bits per heavy atom. The van der Waals surface area contributed by atoms with Gasteiger partial charge in [0, 0.05) is 7.11 Å². The number of benzene rings is 1. The highest BCUT2D eigenvalue weighted by Gasteiger charge is 2.29. The van der Waals surface area contributed by atoms with Gasteiger partial charge in [-0.1, -0.05) is 76.8 Å². The number of hydrogen-bond donors (Lipinski definition) is 0. The van der Waals surface area contributed by atoms with Crippen LogP contribution in [0, 0.1) is 11.5 Å². The molecule has 0 heterocycles. The fourth-order valence-corrected chi connectivity index (χ4v) is 2.93. The number of ether oxygens (including phenoxy) is 1. The molecule has 1 nitrogen and oxygen atoms in total. The van der Waals surface area contributed by atoms with Crippen molar-refractivity contribution < 1.29 is 4.74 Å². The molecule has 0 atom stereocenters. The number of hydrogen-bond acceptors (Lipinski definition) is 1. The van der Waals surface area contributed by atoms with Crippen LogP contribution in [-0.4, -0.2) is 7.11 Å². The second kappa shape index (κ2) is 10.00. The first-order valence-corrected chi connectivity index (χ1v) is 8.54. The fourth-order valence-electron chi connectivity index (χ4n) is 2.93. The molecule has 0 saturated carbocycles. The van der Waals surface area contributed by atoms with E-state index in [2.05, 4.69) is 51.1 Å². The highest BCUT2D eigenvalue weighted by atomic mass is 16.5. The lowest BCUT2D eigenvalue weighted by atomic mass is 9.79. The van der Waals surface area contributed by atoms with Crippen LogP contribution >= 0.6 is 0 Å². The Labute approximate surface area is 132 Å². The molecule has 0 aliphatic carbocycles. The summed E-state index contributed by atoms with van der Waals surface area (Å²) >= 11 is 0. The van der Waals surface area contributed by atoms with Gasteiger partial charge in [0.2, 0.25) is 0 Å². The summed E-state index contributed by atoms with van der Waals surface area (Å²) in [5, 5.41) is 0. The number of rotatable bonds is 11. The molecule has 1 aromatic rings. The van der Waals surface area contributed by atoms with Crippen molar-refractivity contribution in [2.75, 3.05) is 7.11 Å². The van der Waals surface area contributed by atoms with Crippen molar-refractivity contribution in [1.29, 1.82) is 0 Å². The smallest absolute Gasteiger partial charge is 0.102 e. The highest BCUT2D eigenvalue weighted by Crippen LogP contribution is 2.38. The SMILES string of the molecule is CCCCCC(C)(C)[C](CCCCc1ccccc1)OC. The van der Waals surface area contributed by atoms with E-state index in [-0.39, 0.29) is 5.41 Å². The molecule has 1 heteroatoms. The Hall–Kier alpha value is -0.820. The van der Waals surface area contributed by atoms with E-state index in [0.29, 0.717) is 0 Å². The fraction of sp³-hybridized carbons (Fsp3) is 0.650. The number of aryl methyl sites for hydroxylation is 1. The van der Waals surface area contributed by atoms with E-state index in [1.54, 1.807) is 0 Å². The monoisotopic (exact) mass is 289 g/mol. The Morgan fingerprint density at radius 3 is 2.33 bits per heavy atom. The molecule has 0 bridgehead atoms. The molecule has 1 radical (unpaired) electrons. The first kappa shape index (κ1) is 18.2. The number of methoxy groups -OCH3 is 1. The maximum atomic E-state index is 5.71. The lowest BCUT2D eigenvalue weighted by Gasteiger charge is -2.32. The van der Waals surface area contributed by atoms with E-state index in [0.717, 1.165) is 6.42 Å². The summed E-state index contributed by atoms with van der Waals surface area (Å²) in [7, 11) is 1.84. The minimum Gasteiger partial charge on any atom is -0.375 e. The van der Waals surface area contributed by atoms with E-state index in [1.807, 2.05) is 7.11 Å². The van der Waals surface area contributed by atoms with Gasteiger partial charge in [-0.15, -0.1) is 0 Å². The molecule has 0 unspecified atom stereocenters. The zero-order valence-corrected chi connectivity index (χ0v) is 14.5. The van der Waals surface area contributed by atoms with Gasteiger partial charge in [0.05, 0.1) is 0 Å². The van der Waals surface area contributed by atoms with Crippen molar-refractivity contribution in [3.63, 3.8) is 0 Å². The van der Waals surface area contributed by atoms with Crippen molar-refractivity contribution in [2.24, 2.45) is 5.41 Å². The third-order valence-corrected chi connectivity index (χ3v) is 4.37. The Morgan fingerprint density at radius 2 is 1.71 bits per heavy atom. The predicted octanol–water partition coefficient (Wildman–Crippen LogP) is 6.18. The minimum absolute atomic E-state index is 0.219.